The SMILES string of the molecule is Cc1ccc(Cl)cc1NC(=O)[C@@H](C)OC(=O)c1c(C)oc(-n2cccc2)c1C#N. The first-order chi connectivity index (χ1) is 13.8. The van der Waals surface area contributed by atoms with Gasteiger partial charge in [-0.3, -0.25) is 9.36 Å². The Balaban J connectivity index is 1.79. The molecule has 1 atom stereocenters. The summed E-state index contributed by atoms with van der Waals surface area (Å²) in [6, 6.07) is 10.6. The van der Waals surface area contributed by atoms with Crippen molar-refractivity contribution in [2.24, 2.45) is 0 Å². The van der Waals surface area contributed by atoms with Gasteiger partial charge in [-0.1, -0.05) is 17.7 Å². The summed E-state index contributed by atoms with van der Waals surface area (Å²) in [6.45, 7) is 4.82. The van der Waals surface area contributed by atoms with Crippen LogP contribution in [-0.2, 0) is 9.53 Å². The number of nitriles is 1. The zero-order valence-corrected chi connectivity index (χ0v) is 16.8. The number of hydrogen-bond donors (Lipinski definition) is 1. The number of carbonyl (C=O) groups excluding carboxylic acids is 2. The smallest absolute Gasteiger partial charge is 0.343 e. The van der Waals surface area contributed by atoms with Gasteiger partial charge < -0.3 is 14.5 Å². The van der Waals surface area contributed by atoms with Crippen LogP contribution in [0, 0.1) is 25.2 Å². The van der Waals surface area contributed by atoms with Crippen LogP contribution in [0.4, 0.5) is 5.69 Å². The molecule has 2 aromatic heterocycles. The molecule has 0 radical (unpaired) electrons. The van der Waals surface area contributed by atoms with Gasteiger partial charge in [-0.25, -0.2) is 4.79 Å². The molecule has 3 aromatic rings. The molecule has 0 fully saturated rings. The minimum Gasteiger partial charge on any atom is -0.449 e. The molecule has 7 nitrogen and oxygen atoms in total. The van der Waals surface area contributed by atoms with E-state index in [2.05, 4.69) is 5.32 Å². The number of ether oxygens (including phenoxy) is 1. The predicted molar refractivity (Wildman–Crippen MR) is 107 cm³/mol. The number of furan rings is 1. The number of nitrogens with one attached hydrogen (secondary N) is 1. The molecule has 1 amide bonds. The highest BCUT2D eigenvalue weighted by molar-refractivity contribution is 6.31. The standard InChI is InChI=1S/C21H18ClN3O4/c1-12-6-7-15(22)10-17(12)24-19(26)14(3)29-21(27)18-13(2)28-20(16(18)11-23)25-8-4-5-9-25/h4-10,14H,1-3H3,(H,24,26)/t14-/m1/s1. The van der Waals surface area contributed by atoms with Crippen LogP contribution in [0.15, 0.2) is 47.1 Å². The molecule has 0 aliphatic rings. The first kappa shape index (κ1) is 20.2. The Kier molecular flexibility index (Phi) is 5.76. The summed E-state index contributed by atoms with van der Waals surface area (Å²) in [4.78, 5) is 25.1. The van der Waals surface area contributed by atoms with Crippen LogP contribution < -0.4 is 5.32 Å². The van der Waals surface area contributed by atoms with E-state index in [1.165, 1.54) is 6.92 Å². The minimum absolute atomic E-state index is 0.00483. The Morgan fingerprint density at radius 1 is 1.28 bits per heavy atom. The van der Waals surface area contributed by atoms with E-state index < -0.39 is 18.0 Å². The Labute approximate surface area is 172 Å². The average molecular weight is 412 g/mol. The van der Waals surface area contributed by atoms with Crippen molar-refractivity contribution < 1.29 is 18.7 Å². The number of esters is 1. The van der Waals surface area contributed by atoms with Crippen molar-refractivity contribution in [2.45, 2.75) is 26.9 Å². The topological polar surface area (TPSA) is 97.3 Å². The van der Waals surface area contributed by atoms with Crippen LogP contribution >= 0.6 is 11.6 Å². The molecule has 8 heteroatoms. The lowest BCUT2D eigenvalue weighted by molar-refractivity contribution is -0.123. The first-order valence-corrected chi connectivity index (χ1v) is 9.14. The second kappa shape index (κ2) is 8.25. The summed E-state index contributed by atoms with van der Waals surface area (Å²) in [5.74, 6) is -0.886. The lowest BCUT2D eigenvalue weighted by Gasteiger charge is -2.15. The fourth-order valence-electron chi connectivity index (χ4n) is 2.77. The number of anilines is 1. The number of aryl methyl sites for hydroxylation is 2. The minimum atomic E-state index is -1.10. The van der Waals surface area contributed by atoms with Gasteiger partial charge in [-0.2, -0.15) is 5.26 Å². The number of benzene rings is 1. The zero-order valence-electron chi connectivity index (χ0n) is 16.0. The molecule has 0 aliphatic heterocycles. The van der Waals surface area contributed by atoms with Crippen LogP contribution in [0.3, 0.4) is 0 Å². The second-order valence-corrected chi connectivity index (χ2v) is 6.85. The van der Waals surface area contributed by atoms with Crippen molar-refractivity contribution in [1.82, 2.24) is 4.57 Å². The van der Waals surface area contributed by atoms with Gasteiger partial charge in [0.15, 0.2) is 6.10 Å². The number of carbonyl (C=O) groups is 2. The third kappa shape index (κ3) is 4.18. The lowest BCUT2D eigenvalue weighted by Crippen LogP contribution is -2.30. The van der Waals surface area contributed by atoms with E-state index in [0.29, 0.717) is 10.7 Å². The molecular formula is C21H18ClN3O4. The van der Waals surface area contributed by atoms with E-state index in [4.69, 9.17) is 20.8 Å². The summed E-state index contributed by atoms with van der Waals surface area (Å²) in [5.41, 5.74) is 1.38. The molecule has 0 aliphatic carbocycles. The Morgan fingerprint density at radius 2 is 1.97 bits per heavy atom. The summed E-state index contributed by atoms with van der Waals surface area (Å²) < 4.78 is 12.5. The van der Waals surface area contributed by atoms with E-state index in [1.807, 2.05) is 13.0 Å². The summed E-state index contributed by atoms with van der Waals surface area (Å²) in [7, 11) is 0. The van der Waals surface area contributed by atoms with E-state index in [0.717, 1.165) is 5.56 Å². The van der Waals surface area contributed by atoms with Crippen LogP contribution in [0.5, 0.6) is 0 Å². The lowest BCUT2D eigenvalue weighted by atomic mass is 10.1. The normalized spacial score (nSPS) is 11.6. The van der Waals surface area contributed by atoms with Crippen molar-refractivity contribution >= 4 is 29.2 Å². The van der Waals surface area contributed by atoms with Crippen molar-refractivity contribution in [3.05, 3.63) is 70.2 Å². The van der Waals surface area contributed by atoms with Gasteiger partial charge >= 0.3 is 5.97 Å². The monoisotopic (exact) mass is 411 g/mol. The molecule has 0 saturated carbocycles. The predicted octanol–water partition coefficient (Wildman–Crippen LogP) is 4.40. The highest BCUT2D eigenvalue weighted by atomic mass is 35.5. The quantitative estimate of drug-likeness (QED) is 0.627. The van der Waals surface area contributed by atoms with Crippen molar-refractivity contribution in [3.8, 4) is 12.0 Å². The fourth-order valence-corrected chi connectivity index (χ4v) is 2.94. The Hall–Kier alpha value is -3.50. The summed E-state index contributed by atoms with van der Waals surface area (Å²) in [5, 5.41) is 12.7. The molecule has 3 rings (SSSR count). The Bertz CT molecular complexity index is 1110. The number of hydrogen-bond acceptors (Lipinski definition) is 5. The summed E-state index contributed by atoms with van der Waals surface area (Å²) in [6.07, 6.45) is 2.28. The highest BCUT2D eigenvalue weighted by Gasteiger charge is 2.28. The van der Waals surface area contributed by atoms with Crippen molar-refractivity contribution in [2.75, 3.05) is 5.32 Å². The fraction of sp³-hybridized carbons (Fsp3) is 0.190. The number of halogens is 1. The number of amides is 1. The molecule has 0 bridgehead atoms. The van der Waals surface area contributed by atoms with Crippen LogP contribution in [0.1, 0.15) is 34.2 Å². The maximum Gasteiger partial charge on any atom is 0.343 e. The van der Waals surface area contributed by atoms with Crippen LogP contribution in [0.2, 0.25) is 5.02 Å². The number of rotatable bonds is 5. The van der Waals surface area contributed by atoms with E-state index in [1.54, 1.807) is 54.2 Å². The molecule has 0 spiro atoms. The van der Waals surface area contributed by atoms with Crippen LogP contribution in [0.25, 0.3) is 5.88 Å². The molecule has 0 unspecified atom stereocenters. The molecule has 1 N–H and O–H groups in total. The van der Waals surface area contributed by atoms with E-state index >= 15 is 0 Å². The van der Waals surface area contributed by atoms with Gasteiger partial charge in [0.25, 0.3) is 5.91 Å². The van der Waals surface area contributed by atoms with E-state index in [-0.39, 0.29) is 22.8 Å². The maximum atomic E-state index is 12.7. The maximum absolute atomic E-state index is 12.7. The van der Waals surface area contributed by atoms with Crippen LogP contribution in [-0.4, -0.2) is 22.5 Å². The van der Waals surface area contributed by atoms with Gasteiger partial charge in [0, 0.05) is 23.1 Å². The summed E-state index contributed by atoms with van der Waals surface area (Å²) >= 11 is 5.96. The largest absolute Gasteiger partial charge is 0.449 e. The second-order valence-electron chi connectivity index (χ2n) is 6.41. The highest BCUT2D eigenvalue weighted by Crippen LogP contribution is 2.27. The molecule has 29 heavy (non-hydrogen) atoms. The molecule has 1 aromatic carbocycles. The molecular weight excluding hydrogens is 394 g/mol. The molecule has 148 valence electrons. The molecule has 2 heterocycles. The third-order valence-corrected chi connectivity index (χ3v) is 4.57. The van der Waals surface area contributed by atoms with Gasteiger partial charge in [0.2, 0.25) is 5.88 Å². The number of aromatic nitrogens is 1. The van der Waals surface area contributed by atoms with Gasteiger partial charge in [-0.05, 0) is 50.6 Å². The van der Waals surface area contributed by atoms with Gasteiger partial charge in [-0.15, -0.1) is 0 Å². The van der Waals surface area contributed by atoms with Crippen molar-refractivity contribution in [3.63, 3.8) is 0 Å². The average Bonchev–Trinajstić information content (AvgIpc) is 3.31. The van der Waals surface area contributed by atoms with Gasteiger partial charge in [0.1, 0.15) is 23.0 Å². The van der Waals surface area contributed by atoms with Crippen molar-refractivity contribution in [1.29, 1.82) is 5.26 Å². The Morgan fingerprint density at radius 3 is 2.62 bits per heavy atom. The zero-order chi connectivity index (χ0) is 21.1. The first-order valence-electron chi connectivity index (χ1n) is 8.76. The molecule has 0 saturated heterocycles. The van der Waals surface area contributed by atoms with E-state index in [9.17, 15) is 14.9 Å². The van der Waals surface area contributed by atoms with Gasteiger partial charge in [0.05, 0.1) is 0 Å². The number of nitrogens with zero attached hydrogens (tertiary/aromatic N) is 2. The third-order valence-electron chi connectivity index (χ3n) is 4.33.